The zero-order chi connectivity index (χ0) is 14.6. The van der Waals surface area contributed by atoms with Crippen LogP contribution in [-0.4, -0.2) is 48.0 Å². The Kier molecular flexibility index (Phi) is 4.68. The number of rotatable bonds is 2. The average molecular weight is 279 g/mol. The molecule has 112 valence electrons. The van der Waals surface area contributed by atoms with E-state index in [1.54, 1.807) is 6.20 Å². The summed E-state index contributed by atoms with van der Waals surface area (Å²) in [5.41, 5.74) is -0.152. The quantitative estimate of drug-likeness (QED) is 0.780. The van der Waals surface area contributed by atoms with Crippen molar-refractivity contribution < 1.29 is 9.53 Å². The van der Waals surface area contributed by atoms with Gasteiger partial charge in [-0.3, -0.25) is 4.99 Å². The molecule has 1 saturated heterocycles. The Morgan fingerprint density at radius 3 is 2.50 bits per heavy atom. The van der Waals surface area contributed by atoms with Crippen molar-refractivity contribution in [2.75, 3.05) is 19.6 Å². The van der Waals surface area contributed by atoms with Crippen LogP contribution in [0.3, 0.4) is 0 Å². The maximum Gasteiger partial charge on any atom is 0.411 e. The molecular formula is C15H25N3O2. The van der Waals surface area contributed by atoms with E-state index in [0.717, 1.165) is 25.9 Å². The Hall–Kier alpha value is -1.52. The lowest BCUT2D eigenvalue weighted by atomic mass is 9.93. The monoisotopic (exact) mass is 279 g/mol. The standard InChI is InChI=1S/C15H25N3O2/c1-15(2,3)13(17-11-7-16-8-12-17)20-14(19)18-9-5-4-6-10-18/h7-8,11,13H,4-6,9-10,12H2,1-3H3. The summed E-state index contributed by atoms with van der Waals surface area (Å²) in [5, 5.41) is 0. The molecule has 0 spiro atoms. The average Bonchev–Trinajstić information content (AvgIpc) is 2.45. The second-order valence-corrected chi connectivity index (χ2v) is 6.48. The summed E-state index contributed by atoms with van der Waals surface area (Å²) < 4.78 is 5.79. The zero-order valence-electron chi connectivity index (χ0n) is 12.7. The van der Waals surface area contributed by atoms with Gasteiger partial charge in [-0.1, -0.05) is 20.8 Å². The van der Waals surface area contributed by atoms with Gasteiger partial charge in [-0.25, -0.2) is 4.79 Å². The normalized spacial score (nSPS) is 20.9. The van der Waals surface area contributed by atoms with E-state index in [0.29, 0.717) is 6.54 Å². The first-order chi connectivity index (χ1) is 9.48. The van der Waals surface area contributed by atoms with Crippen LogP contribution in [0.25, 0.3) is 0 Å². The molecule has 0 N–H and O–H groups in total. The summed E-state index contributed by atoms with van der Waals surface area (Å²) in [6.45, 7) is 8.55. The molecule has 1 fully saturated rings. The topological polar surface area (TPSA) is 45.1 Å². The second-order valence-electron chi connectivity index (χ2n) is 6.48. The van der Waals surface area contributed by atoms with Crippen molar-refractivity contribution in [3.8, 4) is 0 Å². The highest BCUT2D eigenvalue weighted by molar-refractivity contribution is 5.68. The van der Waals surface area contributed by atoms with Crippen LogP contribution in [-0.2, 0) is 4.74 Å². The molecule has 1 unspecified atom stereocenters. The summed E-state index contributed by atoms with van der Waals surface area (Å²) in [7, 11) is 0. The predicted octanol–water partition coefficient (Wildman–Crippen LogP) is 2.84. The minimum absolute atomic E-state index is 0.152. The number of aliphatic imine (C=N–C) groups is 1. The number of ether oxygens (including phenoxy) is 1. The van der Waals surface area contributed by atoms with Gasteiger partial charge in [0, 0.05) is 37.1 Å². The lowest BCUT2D eigenvalue weighted by Crippen LogP contribution is -2.48. The molecule has 20 heavy (non-hydrogen) atoms. The SMILES string of the molecule is CC(C)(C)C(OC(=O)N1CCCCC1)N1C=CN=CC1. The molecule has 2 rings (SSSR count). The number of carbonyl (C=O) groups is 1. The first-order valence-corrected chi connectivity index (χ1v) is 7.38. The van der Waals surface area contributed by atoms with Gasteiger partial charge >= 0.3 is 6.09 Å². The van der Waals surface area contributed by atoms with E-state index in [-0.39, 0.29) is 17.7 Å². The van der Waals surface area contributed by atoms with Crippen molar-refractivity contribution in [2.45, 2.75) is 46.3 Å². The van der Waals surface area contributed by atoms with Gasteiger partial charge in [-0.2, -0.15) is 0 Å². The Labute approximate surface area is 121 Å². The molecular weight excluding hydrogens is 254 g/mol. The Bertz CT molecular complexity index is 392. The Morgan fingerprint density at radius 1 is 1.25 bits per heavy atom. The van der Waals surface area contributed by atoms with Gasteiger partial charge in [-0.15, -0.1) is 0 Å². The molecule has 0 aromatic heterocycles. The summed E-state index contributed by atoms with van der Waals surface area (Å²) in [6.07, 6.45) is 8.33. The lowest BCUT2D eigenvalue weighted by molar-refractivity contribution is -0.0635. The maximum atomic E-state index is 12.3. The van der Waals surface area contributed by atoms with Crippen LogP contribution >= 0.6 is 0 Å². The molecule has 0 bridgehead atoms. The van der Waals surface area contributed by atoms with E-state index in [1.165, 1.54) is 6.42 Å². The highest BCUT2D eigenvalue weighted by Gasteiger charge is 2.34. The van der Waals surface area contributed by atoms with Gasteiger partial charge < -0.3 is 14.5 Å². The minimum Gasteiger partial charge on any atom is -0.425 e. The first kappa shape index (κ1) is 14.9. The number of hydrogen-bond acceptors (Lipinski definition) is 4. The van der Waals surface area contributed by atoms with Crippen molar-refractivity contribution in [3.63, 3.8) is 0 Å². The molecule has 2 aliphatic heterocycles. The van der Waals surface area contributed by atoms with Gasteiger partial charge in [-0.05, 0) is 19.3 Å². The molecule has 2 aliphatic rings. The van der Waals surface area contributed by atoms with Crippen LogP contribution in [0.2, 0.25) is 0 Å². The number of amides is 1. The summed E-state index contributed by atoms with van der Waals surface area (Å²) in [5.74, 6) is 0. The third-order valence-corrected chi connectivity index (χ3v) is 3.61. The maximum absolute atomic E-state index is 12.3. The van der Waals surface area contributed by atoms with Gasteiger partial charge in [0.05, 0.1) is 6.54 Å². The van der Waals surface area contributed by atoms with E-state index in [4.69, 9.17) is 4.74 Å². The van der Waals surface area contributed by atoms with Crippen LogP contribution in [0.5, 0.6) is 0 Å². The molecule has 0 aromatic carbocycles. The number of hydrogen-bond donors (Lipinski definition) is 0. The van der Waals surface area contributed by atoms with Crippen LogP contribution in [0, 0.1) is 5.41 Å². The van der Waals surface area contributed by atoms with Crippen molar-refractivity contribution in [1.29, 1.82) is 0 Å². The molecule has 0 aromatic rings. The molecule has 1 amide bonds. The summed E-state index contributed by atoms with van der Waals surface area (Å²) in [4.78, 5) is 20.2. The van der Waals surface area contributed by atoms with Crippen molar-refractivity contribution >= 4 is 12.3 Å². The van der Waals surface area contributed by atoms with Crippen molar-refractivity contribution in [1.82, 2.24) is 9.80 Å². The van der Waals surface area contributed by atoms with Gasteiger partial charge in [0.1, 0.15) is 0 Å². The smallest absolute Gasteiger partial charge is 0.411 e. The molecule has 5 nitrogen and oxygen atoms in total. The molecule has 0 saturated carbocycles. The van der Waals surface area contributed by atoms with Crippen molar-refractivity contribution in [3.05, 3.63) is 12.4 Å². The van der Waals surface area contributed by atoms with E-state index in [1.807, 2.05) is 22.2 Å². The Balaban J connectivity index is 2.02. The van der Waals surface area contributed by atoms with E-state index < -0.39 is 0 Å². The number of likely N-dealkylation sites (tertiary alicyclic amines) is 1. The van der Waals surface area contributed by atoms with Crippen LogP contribution in [0.4, 0.5) is 4.79 Å². The van der Waals surface area contributed by atoms with Crippen LogP contribution in [0.1, 0.15) is 40.0 Å². The van der Waals surface area contributed by atoms with Gasteiger partial charge in [0.15, 0.2) is 6.23 Å². The van der Waals surface area contributed by atoms with E-state index in [9.17, 15) is 4.79 Å². The minimum atomic E-state index is -0.278. The number of nitrogens with zero attached hydrogens (tertiary/aromatic N) is 3. The highest BCUT2D eigenvalue weighted by atomic mass is 16.6. The second kappa shape index (κ2) is 6.29. The fourth-order valence-corrected chi connectivity index (χ4v) is 2.55. The largest absolute Gasteiger partial charge is 0.425 e. The molecule has 2 heterocycles. The summed E-state index contributed by atoms with van der Waals surface area (Å²) in [6, 6.07) is 0. The molecule has 1 atom stereocenters. The third-order valence-electron chi connectivity index (χ3n) is 3.61. The zero-order valence-corrected chi connectivity index (χ0v) is 12.7. The molecule has 5 heteroatoms. The van der Waals surface area contributed by atoms with E-state index >= 15 is 0 Å². The predicted molar refractivity (Wildman–Crippen MR) is 79.5 cm³/mol. The van der Waals surface area contributed by atoms with Crippen LogP contribution in [0.15, 0.2) is 17.4 Å². The summed E-state index contributed by atoms with van der Waals surface area (Å²) >= 11 is 0. The van der Waals surface area contributed by atoms with Gasteiger partial charge in [0.25, 0.3) is 0 Å². The number of piperidine rings is 1. The number of carbonyl (C=O) groups excluding carboxylic acids is 1. The van der Waals surface area contributed by atoms with E-state index in [2.05, 4.69) is 25.8 Å². The van der Waals surface area contributed by atoms with Crippen molar-refractivity contribution in [2.24, 2.45) is 10.4 Å². The fraction of sp³-hybridized carbons (Fsp3) is 0.733. The van der Waals surface area contributed by atoms with Crippen LogP contribution < -0.4 is 0 Å². The fourth-order valence-electron chi connectivity index (χ4n) is 2.55. The third kappa shape index (κ3) is 3.74. The first-order valence-electron chi connectivity index (χ1n) is 7.38. The van der Waals surface area contributed by atoms with Gasteiger partial charge in [0.2, 0.25) is 0 Å². The highest BCUT2D eigenvalue weighted by Crippen LogP contribution is 2.27. The molecule has 0 radical (unpaired) electrons. The Morgan fingerprint density at radius 2 is 1.95 bits per heavy atom. The lowest BCUT2D eigenvalue weighted by Gasteiger charge is -2.40. The molecule has 0 aliphatic carbocycles.